The lowest BCUT2D eigenvalue weighted by Crippen LogP contribution is -2.20. The summed E-state index contributed by atoms with van der Waals surface area (Å²) >= 11 is 0. The van der Waals surface area contributed by atoms with Crippen LogP contribution in [0.3, 0.4) is 0 Å². The number of nitrogens with zero attached hydrogens (tertiary/aromatic N) is 2. The Bertz CT molecular complexity index is 381. The Kier molecular flexibility index (Phi) is 4.70. The molecule has 0 spiro atoms. The monoisotopic (exact) mass is 247 g/mol. The molecule has 1 aliphatic rings. The molecule has 1 aromatic rings. The summed E-state index contributed by atoms with van der Waals surface area (Å²) in [6.45, 7) is 8.48. The highest BCUT2D eigenvalue weighted by molar-refractivity contribution is 5.17. The van der Waals surface area contributed by atoms with E-state index in [2.05, 4.69) is 31.1 Å². The molecule has 1 heterocycles. The number of hydrogen-bond acceptors (Lipinski definition) is 3. The van der Waals surface area contributed by atoms with Crippen LogP contribution in [0.15, 0.2) is 6.20 Å². The van der Waals surface area contributed by atoms with Gasteiger partial charge in [0, 0.05) is 29.9 Å². The number of hydrogen-bond donors (Lipinski definition) is 1. The van der Waals surface area contributed by atoms with Crippen LogP contribution in [0.2, 0.25) is 0 Å². The highest BCUT2D eigenvalue weighted by atomic mass is 14.9. The first-order chi connectivity index (χ1) is 8.66. The van der Waals surface area contributed by atoms with Crippen molar-refractivity contribution in [2.24, 2.45) is 5.92 Å². The Hall–Kier alpha value is -0.960. The molecule has 1 saturated carbocycles. The fraction of sp³-hybridized carbons (Fsp3) is 0.733. The van der Waals surface area contributed by atoms with Crippen LogP contribution in [0.5, 0.6) is 0 Å². The van der Waals surface area contributed by atoms with Crippen LogP contribution in [0.1, 0.15) is 62.5 Å². The number of nitrogens with one attached hydrogen (secondary N) is 1. The average Bonchev–Trinajstić information content (AvgIpc) is 2.84. The second-order valence-corrected chi connectivity index (χ2v) is 5.84. The first kappa shape index (κ1) is 13.5. The largest absolute Gasteiger partial charge is 0.312 e. The van der Waals surface area contributed by atoms with Crippen molar-refractivity contribution in [2.75, 3.05) is 6.54 Å². The molecule has 100 valence electrons. The zero-order valence-electron chi connectivity index (χ0n) is 11.9. The van der Waals surface area contributed by atoms with Gasteiger partial charge in [-0.2, -0.15) is 0 Å². The summed E-state index contributed by atoms with van der Waals surface area (Å²) < 4.78 is 0. The predicted octanol–water partition coefficient (Wildman–Crippen LogP) is 3.19. The highest BCUT2D eigenvalue weighted by Gasteiger charge is 2.20. The average molecular weight is 247 g/mol. The number of aryl methyl sites for hydroxylation is 1. The lowest BCUT2D eigenvalue weighted by Gasteiger charge is -2.12. The van der Waals surface area contributed by atoms with Crippen LogP contribution >= 0.6 is 0 Å². The quantitative estimate of drug-likeness (QED) is 0.868. The van der Waals surface area contributed by atoms with Crippen molar-refractivity contribution >= 4 is 0 Å². The van der Waals surface area contributed by atoms with Gasteiger partial charge in [-0.25, -0.2) is 9.97 Å². The van der Waals surface area contributed by atoms with Gasteiger partial charge in [-0.1, -0.05) is 26.7 Å². The smallest absolute Gasteiger partial charge is 0.131 e. The predicted molar refractivity (Wildman–Crippen MR) is 74.5 cm³/mol. The van der Waals surface area contributed by atoms with Crippen LogP contribution in [0.4, 0.5) is 0 Å². The molecule has 0 saturated heterocycles. The molecule has 1 aliphatic carbocycles. The molecule has 0 aromatic carbocycles. The van der Waals surface area contributed by atoms with Crippen molar-refractivity contribution in [3.63, 3.8) is 0 Å². The van der Waals surface area contributed by atoms with E-state index >= 15 is 0 Å². The Balaban J connectivity index is 1.96. The summed E-state index contributed by atoms with van der Waals surface area (Å²) in [5.41, 5.74) is 2.38. The molecule has 0 atom stereocenters. The summed E-state index contributed by atoms with van der Waals surface area (Å²) in [6, 6.07) is 0. The second-order valence-electron chi connectivity index (χ2n) is 5.84. The molecule has 3 heteroatoms. The summed E-state index contributed by atoms with van der Waals surface area (Å²) in [4.78, 5) is 9.27. The van der Waals surface area contributed by atoms with E-state index in [1.54, 1.807) is 0 Å². The highest BCUT2D eigenvalue weighted by Crippen LogP contribution is 2.32. The fourth-order valence-corrected chi connectivity index (χ4v) is 2.56. The van der Waals surface area contributed by atoms with Crippen molar-refractivity contribution in [1.29, 1.82) is 0 Å². The lowest BCUT2D eigenvalue weighted by molar-refractivity contribution is 0.549. The molecule has 1 aromatic heterocycles. The number of aromatic nitrogens is 2. The first-order valence-corrected chi connectivity index (χ1v) is 7.20. The molecule has 0 radical (unpaired) electrons. The van der Waals surface area contributed by atoms with Gasteiger partial charge in [0.05, 0.1) is 0 Å². The van der Waals surface area contributed by atoms with E-state index in [-0.39, 0.29) is 0 Å². The molecule has 1 fully saturated rings. The normalized spacial score (nSPS) is 16.7. The van der Waals surface area contributed by atoms with Crippen molar-refractivity contribution in [1.82, 2.24) is 15.3 Å². The van der Waals surface area contributed by atoms with Crippen LogP contribution in [0.25, 0.3) is 0 Å². The van der Waals surface area contributed by atoms with Gasteiger partial charge in [0.2, 0.25) is 0 Å². The van der Waals surface area contributed by atoms with Crippen LogP contribution in [0, 0.1) is 12.8 Å². The molecular weight excluding hydrogens is 222 g/mol. The molecule has 2 rings (SSSR count). The van der Waals surface area contributed by atoms with Gasteiger partial charge in [-0.15, -0.1) is 0 Å². The molecule has 1 N–H and O–H groups in total. The van der Waals surface area contributed by atoms with Gasteiger partial charge < -0.3 is 5.32 Å². The maximum atomic E-state index is 4.70. The maximum Gasteiger partial charge on any atom is 0.131 e. The zero-order valence-corrected chi connectivity index (χ0v) is 11.9. The first-order valence-electron chi connectivity index (χ1n) is 7.20. The van der Waals surface area contributed by atoms with E-state index in [4.69, 9.17) is 4.98 Å². The van der Waals surface area contributed by atoms with Crippen LogP contribution < -0.4 is 5.32 Å². The molecule has 0 aliphatic heterocycles. The minimum atomic E-state index is 0.612. The van der Waals surface area contributed by atoms with Crippen LogP contribution in [-0.4, -0.2) is 16.5 Å². The third-order valence-electron chi connectivity index (χ3n) is 3.69. The Morgan fingerprint density at radius 1 is 1.33 bits per heavy atom. The van der Waals surface area contributed by atoms with Gasteiger partial charge in [0.15, 0.2) is 0 Å². The molecule has 0 bridgehead atoms. The van der Waals surface area contributed by atoms with Gasteiger partial charge in [-0.3, -0.25) is 0 Å². The van der Waals surface area contributed by atoms with Gasteiger partial charge >= 0.3 is 0 Å². The van der Waals surface area contributed by atoms with Gasteiger partial charge in [-0.05, 0) is 32.2 Å². The summed E-state index contributed by atoms with van der Waals surface area (Å²) in [6.07, 6.45) is 7.23. The van der Waals surface area contributed by atoms with Crippen molar-refractivity contribution in [2.45, 2.75) is 58.9 Å². The third kappa shape index (κ3) is 3.52. The van der Waals surface area contributed by atoms with Crippen LogP contribution in [-0.2, 0) is 6.54 Å². The third-order valence-corrected chi connectivity index (χ3v) is 3.69. The van der Waals surface area contributed by atoms with Crippen molar-refractivity contribution in [3.8, 4) is 0 Å². The Labute approximate surface area is 110 Å². The van der Waals surface area contributed by atoms with E-state index in [0.29, 0.717) is 11.8 Å². The van der Waals surface area contributed by atoms with E-state index < -0.39 is 0 Å². The van der Waals surface area contributed by atoms with E-state index in [0.717, 1.165) is 24.6 Å². The maximum absolute atomic E-state index is 4.70. The second kappa shape index (κ2) is 6.28. The minimum Gasteiger partial charge on any atom is -0.312 e. The molecule has 3 nitrogen and oxygen atoms in total. The Morgan fingerprint density at radius 2 is 2.06 bits per heavy atom. The summed E-state index contributed by atoms with van der Waals surface area (Å²) in [7, 11) is 0. The lowest BCUT2D eigenvalue weighted by atomic mass is 10.1. The van der Waals surface area contributed by atoms with Gasteiger partial charge in [0.1, 0.15) is 5.82 Å². The van der Waals surface area contributed by atoms with E-state index in [9.17, 15) is 0 Å². The number of rotatable bonds is 5. The standard InChI is InChI=1S/C15H25N3/c1-11(2)8-16-9-14-10-17-15(18-12(14)3)13-6-4-5-7-13/h10-11,13,16H,4-9H2,1-3H3. The van der Waals surface area contributed by atoms with Crippen molar-refractivity contribution < 1.29 is 0 Å². The molecule has 0 amide bonds. The summed E-state index contributed by atoms with van der Waals surface area (Å²) in [5.74, 6) is 2.36. The molecular formula is C15H25N3. The SMILES string of the molecule is Cc1nc(C2CCCC2)ncc1CNCC(C)C. The minimum absolute atomic E-state index is 0.612. The Morgan fingerprint density at radius 3 is 2.67 bits per heavy atom. The fourth-order valence-electron chi connectivity index (χ4n) is 2.56. The van der Waals surface area contributed by atoms with Gasteiger partial charge in [0.25, 0.3) is 0 Å². The topological polar surface area (TPSA) is 37.8 Å². The summed E-state index contributed by atoms with van der Waals surface area (Å²) in [5, 5.41) is 3.45. The molecule has 0 unspecified atom stereocenters. The van der Waals surface area contributed by atoms with E-state index in [1.807, 2.05) is 6.20 Å². The van der Waals surface area contributed by atoms with E-state index in [1.165, 1.54) is 31.2 Å². The zero-order chi connectivity index (χ0) is 13.0. The molecule has 18 heavy (non-hydrogen) atoms. The van der Waals surface area contributed by atoms with Crippen molar-refractivity contribution in [3.05, 3.63) is 23.3 Å².